The molecule has 0 bridgehead atoms. The fraction of sp³-hybridized carbons (Fsp3) is 0.250. The Morgan fingerprint density at radius 3 is 2.73 bits per heavy atom. The van der Waals surface area contributed by atoms with Crippen LogP contribution in [0.3, 0.4) is 0 Å². The van der Waals surface area contributed by atoms with E-state index in [1.54, 1.807) is 0 Å². The first-order valence-corrected chi connectivity index (χ1v) is 9.61. The fourth-order valence-corrected chi connectivity index (χ4v) is 3.89. The molecule has 134 valence electrons. The van der Waals surface area contributed by atoms with Crippen molar-refractivity contribution in [2.24, 2.45) is 7.05 Å². The van der Waals surface area contributed by atoms with E-state index in [1.165, 1.54) is 0 Å². The maximum atomic E-state index is 13.3. The largest absolute Gasteiger partial charge is 0.377 e. The molecule has 0 radical (unpaired) electrons. The molecule has 2 aromatic carbocycles. The Labute approximate surface area is 165 Å². The molecule has 1 fully saturated rings. The Kier molecular flexibility index (Phi) is 4.78. The molecule has 1 unspecified atom stereocenters. The van der Waals surface area contributed by atoms with Gasteiger partial charge in [0.1, 0.15) is 5.69 Å². The van der Waals surface area contributed by atoms with Crippen molar-refractivity contribution in [2.75, 3.05) is 19.8 Å². The molecule has 26 heavy (non-hydrogen) atoms. The second kappa shape index (κ2) is 7.06. The first kappa shape index (κ1) is 17.6. The summed E-state index contributed by atoms with van der Waals surface area (Å²) >= 11 is 9.57. The molecule has 0 spiro atoms. The minimum Gasteiger partial charge on any atom is -0.377 e. The van der Waals surface area contributed by atoms with Crippen molar-refractivity contribution < 1.29 is 9.53 Å². The predicted molar refractivity (Wildman–Crippen MR) is 107 cm³/mol. The summed E-state index contributed by atoms with van der Waals surface area (Å²) in [5.74, 6) is 0.0102. The van der Waals surface area contributed by atoms with Crippen molar-refractivity contribution in [1.29, 1.82) is 0 Å². The topological polar surface area (TPSA) is 34.5 Å². The molecule has 4 nitrogen and oxygen atoms in total. The summed E-state index contributed by atoms with van der Waals surface area (Å²) in [6, 6.07) is 15.6. The van der Waals surface area contributed by atoms with Crippen LogP contribution in [0.4, 0.5) is 0 Å². The molecular formula is C20H18BrClN2O2. The average Bonchev–Trinajstić information content (AvgIpc) is 2.98. The first-order chi connectivity index (χ1) is 12.5. The molecule has 1 atom stereocenters. The van der Waals surface area contributed by atoms with E-state index in [-0.39, 0.29) is 11.9 Å². The van der Waals surface area contributed by atoms with Crippen molar-refractivity contribution in [2.45, 2.75) is 6.04 Å². The highest BCUT2D eigenvalue weighted by atomic mass is 79.9. The van der Waals surface area contributed by atoms with Gasteiger partial charge in [0.05, 0.1) is 19.3 Å². The normalized spacial score (nSPS) is 17.7. The summed E-state index contributed by atoms with van der Waals surface area (Å²) in [4.78, 5) is 15.2. The van der Waals surface area contributed by atoms with Gasteiger partial charge in [0.2, 0.25) is 0 Å². The second-order valence-electron chi connectivity index (χ2n) is 6.43. The highest BCUT2D eigenvalue weighted by Crippen LogP contribution is 2.29. The van der Waals surface area contributed by atoms with Crippen LogP contribution in [0.1, 0.15) is 22.1 Å². The lowest BCUT2D eigenvalue weighted by Crippen LogP contribution is -2.43. The lowest BCUT2D eigenvalue weighted by Gasteiger charge is -2.36. The van der Waals surface area contributed by atoms with Gasteiger partial charge in [-0.05, 0) is 35.9 Å². The van der Waals surface area contributed by atoms with E-state index in [9.17, 15) is 4.79 Å². The number of ether oxygens (including phenoxy) is 1. The van der Waals surface area contributed by atoms with Gasteiger partial charge in [0, 0.05) is 34.0 Å². The quantitative estimate of drug-likeness (QED) is 0.581. The van der Waals surface area contributed by atoms with E-state index >= 15 is 0 Å². The lowest BCUT2D eigenvalue weighted by atomic mass is 10.0. The van der Waals surface area contributed by atoms with Gasteiger partial charge in [-0.3, -0.25) is 4.79 Å². The van der Waals surface area contributed by atoms with Gasteiger partial charge >= 0.3 is 0 Å². The van der Waals surface area contributed by atoms with Crippen molar-refractivity contribution in [3.8, 4) is 0 Å². The summed E-state index contributed by atoms with van der Waals surface area (Å²) in [7, 11) is 1.90. The number of halogens is 2. The number of benzene rings is 2. The number of aromatic nitrogens is 1. The zero-order valence-electron chi connectivity index (χ0n) is 14.3. The monoisotopic (exact) mass is 432 g/mol. The molecule has 2 heterocycles. The lowest BCUT2D eigenvalue weighted by molar-refractivity contribution is -0.00317. The summed E-state index contributed by atoms with van der Waals surface area (Å²) in [5.41, 5.74) is 2.68. The standard InChI is InChI=1S/C20H18BrClN2O2/c1-23-17-11-16(22)7-4-14(17)10-18(23)20(25)24-8-9-26-12-19(24)13-2-5-15(21)6-3-13/h2-7,10-11,19H,8-9,12H2,1H3. The Hall–Kier alpha value is -1.82. The van der Waals surface area contributed by atoms with Gasteiger partial charge in [-0.1, -0.05) is 45.7 Å². The minimum absolute atomic E-state index is 0.0102. The maximum absolute atomic E-state index is 13.3. The number of fused-ring (bicyclic) bond motifs is 1. The van der Waals surface area contributed by atoms with E-state index in [1.807, 2.05) is 65.0 Å². The zero-order chi connectivity index (χ0) is 18.3. The van der Waals surface area contributed by atoms with E-state index in [0.717, 1.165) is 20.9 Å². The summed E-state index contributed by atoms with van der Waals surface area (Å²) in [6.45, 7) is 1.62. The van der Waals surface area contributed by atoms with Crippen LogP contribution in [0.15, 0.2) is 53.0 Å². The number of carbonyl (C=O) groups excluding carboxylic acids is 1. The molecule has 0 saturated carbocycles. The molecule has 1 saturated heterocycles. The van der Waals surface area contributed by atoms with E-state index in [0.29, 0.717) is 30.5 Å². The number of nitrogens with zero attached hydrogens (tertiary/aromatic N) is 2. The molecule has 4 rings (SSSR count). The van der Waals surface area contributed by atoms with Gasteiger partial charge in [0.15, 0.2) is 0 Å². The van der Waals surface area contributed by atoms with Gasteiger partial charge in [-0.2, -0.15) is 0 Å². The summed E-state index contributed by atoms with van der Waals surface area (Å²) < 4.78 is 8.59. The number of morpholine rings is 1. The van der Waals surface area contributed by atoms with Crippen molar-refractivity contribution >= 4 is 44.3 Å². The Morgan fingerprint density at radius 1 is 1.19 bits per heavy atom. The van der Waals surface area contributed by atoms with Crippen LogP contribution in [0.2, 0.25) is 5.02 Å². The first-order valence-electron chi connectivity index (χ1n) is 8.44. The Bertz CT molecular complexity index is 968. The number of amides is 1. The highest BCUT2D eigenvalue weighted by Gasteiger charge is 2.31. The van der Waals surface area contributed by atoms with Crippen LogP contribution in [-0.4, -0.2) is 35.1 Å². The van der Waals surface area contributed by atoms with Crippen LogP contribution in [0, 0.1) is 0 Å². The number of rotatable bonds is 2. The third-order valence-corrected chi connectivity index (χ3v) is 5.63. The smallest absolute Gasteiger partial charge is 0.271 e. The Balaban J connectivity index is 1.71. The molecule has 1 amide bonds. The highest BCUT2D eigenvalue weighted by molar-refractivity contribution is 9.10. The molecule has 6 heteroatoms. The number of hydrogen-bond acceptors (Lipinski definition) is 2. The van der Waals surface area contributed by atoms with Gasteiger partial charge in [-0.15, -0.1) is 0 Å². The van der Waals surface area contributed by atoms with Gasteiger partial charge < -0.3 is 14.2 Å². The maximum Gasteiger partial charge on any atom is 0.271 e. The summed E-state index contributed by atoms with van der Waals surface area (Å²) in [5, 5.41) is 1.67. The van der Waals surface area contributed by atoms with Crippen LogP contribution in [0.25, 0.3) is 10.9 Å². The predicted octanol–water partition coefficient (Wildman–Crippen LogP) is 4.81. The van der Waals surface area contributed by atoms with Crippen LogP contribution < -0.4 is 0 Å². The number of hydrogen-bond donors (Lipinski definition) is 0. The molecule has 0 N–H and O–H groups in total. The van der Waals surface area contributed by atoms with Gasteiger partial charge in [0.25, 0.3) is 5.91 Å². The molecule has 1 aliphatic heterocycles. The van der Waals surface area contributed by atoms with Crippen LogP contribution in [0.5, 0.6) is 0 Å². The second-order valence-corrected chi connectivity index (χ2v) is 7.78. The summed E-state index contributed by atoms with van der Waals surface area (Å²) in [6.07, 6.45) is 0. The average molecular weight is 434 g/mol. The molecule has 1 aromatic heterocycles. The van der Waals surface area contributed by atoms with E-state index < -0.39 is 0 Å². The zero-order valence-corrected chi connectivity index (χ0v) is 16.6. The number of aryl methyl sites for hydroxylation is 1. The molecule has 0 aliphatic carbocycles. The third-order valence-electron chi connectivity index (χ3n) is 4.87. The molecular weight excluding hydrogens is 416 g/mol. The Morgan fingerprint density at radius 2 is 1.96 bits per heavy atom. The van der Waals surface area contributed by atoms with Crippen LogP contribution in [-0.2, 0) is 11.8 Å². The van der Waals surface area contributed by atoms with E-state index in [4.69, 9.17) is 16.3 Å². The molecule has 3 aromatic rings. The van der Waals surface area contributed by atoms with Crippen LogP contribution >= 0.6 is 27.5 Å². The SMILES string of the molecule is Cn1c(C(=O)N2CCOCC2c2ccc(Br)cc2)cc2ccc(Cl)cc21. The van der Waals surface area contributed by atoms with Gasteiger partial charge in [-0.25, -0.2) is 0 Å². The van der Waals surface area contributed by atoms with Crippen molar-refractivity contribution in [1.82, 2.24) is 9.47 Å². The molecule has 1 aliphatic rings. The van der Waals surface area contributed by atoms with Crippen molar-refractivity contribution in [3.63, 3.8) is 0 Å². The number of carbonyl (C=O) groups is 1. The fourth-order valence-electron chi connectivity index (χ4n) is 3.46. The minimum atomic E-state index is -0.0917. The van der Waals surface area contributed by atoms with Crippen molar-refractivity contribution in [3.05, 3.63) is 69.3 Å². The third kappa shape index (κ3) is 3.15. The van der Waals surface area contributed by atoms with E-state index in [2.05, 4.69) is 15.9 Å².